The maximum atomic E-state index is 12.0. The van der Waals surface area contributed by atoms with Crippen molar-refractivity contribution in [2.75, 3.05) is 18.5 Å². The van der Waals surface area contributed by atoms with Crippen LogP contribution in [0.3, 0.4) is 0 Å². The average Bonchev–Trinajstić information content (AvgIpc) is 2.46. The second kappa shape index (κ2) is 6.09. The van der Waals surface area contributed by atoms with Gasteiger partial charge < -0.3 is 15.1 Å². The molecule has 1 aromatic rings. The SMILES string of the molecule is CC(C)(C)OC(=O)N1CC=C(c2ccc(NN)nn2)CC1. The predicted molar refractivity (Wildman–Crippen MR) is 80.2 cm³/mol. The second-order valence-corrected chi connectivity index (χ2v) is 5.85. The molecule has 0 unspecified atom stereocenters. The molecule has 114 valence electrons. The van der Waals surface area contributed by atoms with E-state index in [1.54, 1.807) is 11.0 Å². The fourth-order valence-electron chi connectivity index (χ4n) is 1.97. The summed E-state index contributed by atoms with van der Waals surface area (Å²) in [4.78, 5) is 13.6. The van der Waals surface area contributed by atoms with Gasteiger partial charge in [-0.05, 0) is 44.9 Å². The van der Waals surface area contributed by atoms with E-state index >= 15 is 0 Å². The molecule has 3 N–H and O–H groups in total. The van der Waals surface area contributed by atoms with Gasteiger partial charge in [0.2, 0.25) is 0 Å². The number of nitrogens with two attached hydrogens (primary N) is 1. The molecular weight excluding hydrogens is 270 g/mol. The van der Waals surface area contributed by atoms with Crippen LogP contribution in [0.5, 0.6) is 0 Å². The highest BCUT2D eigenvalue weighted by Crippen LogP contribution is 2.22. The van der Waals surface area contributed by atoms with Crippen molar-refractivity contribution in [1.82, 2.24) is 15.1 Å². The molecule has 0 saturated carbocycles. The van der Waals surface area contributed by atoms with Crippen molar-refractivity contribution in [2.45, 2.75) is 32.8 Å². The van der Waals surface area contributed by atoms with Crippen LogP contribution in [-0.4, -0.2) is 39.9 Å². The molecule has 0 atom stereocenters. The lowest BCUT2D eigenvalue weighted by Gasteiger charge is -2.29. The molecular formula is C14H21N5O2. The van der Waals surface area contributed by atoms with Crippen molar-refractivity contribution in [3.8, 4) is 0 Å². The summed E-state index contributed by atoms with van der Waals surface area (Å²) in [5.41, 5.74) is 3.84. The molecule has 1 aliphatic heterocycles. The van der Waals surface area contributed by atoms with Crippen LogP contribution in [0.25, 0.3) is 5.57 Å². The Bertz CT molecular complexity index is 533. The molecule has 1 amide bonds. The Morgan fingerprint density at radius 2 is 2.14 bits per heavy atom. The molecule has 0 aromatic carbocycles. The fraction of sp³-hybridized carbons (Fsp3) is 0.500. The first-order chi connectivity index (χ1) is 9.89. The maximum Gasteiger partial charge on any atom is 0.410 e. The molecule has 7 nitrogen and oxygen atoms in total. The second-order valence-electron chi connectivity index (χ2n) is 5.85. The summed E-state index contributed by atoms with van der Waals surface area (Å²) < 4.78 is 5.36. The highest BCUT2D eigenvalue weighted by molar-refractivity contribution is 5.71. The number of hydrogen-bond donors (Lipinski definition) is 2. The van der Waals surface area contributed by atoms with Crippen molar-refractivity contribution in [3.63, 3.8) is 0 Å². The van der Waals surface area contributed by atoms with Gasteiger partial charge in [0.25, 0.3) is 0 Å². The van der Waals surface area contributed by atoms with E-state index in [0.717, 1.165) is 17.7 Å². The molecule has 2 heterocycles. The number of hydrazine groups is 1. The van der Waals surface area contributed by atoms with Crippen molar-refractivity contribution in [3.05, 3.63) is 23.9 Å². The van der Waals surface area contributed by atoms with Crippen molar-refractivity contribution in [1.29, 1.82) is 0 Å². The largest absolute Gasteiger partial charge is 0.444 e. The molecule has 0 radical (unpaired) electrons. The van der Waals surface area contributed by atoms with Crippen molar-refractivity contribution in [2.24, 2.45) is 5.84 Å². The molecule has 21 heavy (non-hydrogen) atoms. The summed E-state index contributed by atoms with van der Waals surface area (Å²) in [5.74, 6) is 5.77. The topological polar surface area (TPSA) is 93.4 Å². The summed E-state index contributed by atoms with van der Waals surface area (Å²) in [5, 5.41) is 8.05. The zero-order chi connectivity index (χ0) is 15.5. The predicted octanol–water partition coefficient (Wildman–Crippen LogP) is 1.79. The standard InChI is InChI=1S/C14H21N5O2/c1-14(2,3)21-13(20)19-8-6-10(7-9-19)11-4-5-12(16-15)18-17-11/h4-6H,7-9,15H2,1-3H3,(H,16,18). The van der Waals surface area contributed by atoms with E-state index in [4.69, 9.17) is 10.6 Å². The summed E-state index contributed by atoms with van der Waals surface area (Å²) in [6.07, 6.45) is 2.42. The Morgan fingerprint density at radius 1 is 1.38 bits per heavy atom. The normalized spacial score (nSPS) is 15.4. The number of amides is 1. The van der Waals surface area contributed by atoms with E-state index < -0.39 is 5.60 Å². The summed E-state index contributed by atoms with van der Waals surface area (Å²) in [7, 11) is 0. The minimum Gasteiger partial charge on any atom is -0.444 e. The number of rotatable bonds is 2. The van der Waals surface area contributed by atoms with Gasteiger partial charge in [0.05, 0.1) is 5.69 Å². The molecule has 0 bridgehead atoms. The molecule has 7 heteroatoms. The van der Waals surface area contributed by atoms with Gasteiger partial charge in [-0.25, -0.2) is 10.6 Å². The van der Waals surface area contributed by atoms with E-state index in [-0.39, 0.29) is 6.09 Å². The lowest BCUT2D eigenvalue weighted by atomic mass is 10.0. The number of nitrogens with zero attached hydrogens (tertiary/aromatic N) is 3. The van der Waals surface area contributed by atoms with Gasteiger partial charge in [-0.1, -0.05) is 6.08 Å². The fourth-order valence-corrected chi connectivity index (χ4v) is 1.97. The monoisotopic (exact) mass is 291 g/mol. The van der Waals surface area contributed by atoms with Crippen LogP contribution in [0.2, 0.25) is 0 Å². The highest BCUT2D eigenvalue weighted by Gasteiger charge is 2.24. The molecule has 0 fully saturated rings. The van der Waals surface area contributed by atoms with Crippen LogP contribution < -0.4 is 11.3 Å². The summed E-state index contributed by atoms with van der Waals surface area (Å²) in [6.45, 7) is 6.71. The number of nitrogens with one attached hydrogen (secondary N) is 1. The van der Waals surface area contributed by atoms with Crippen LogP contribution in [0.4, 0.5) is 10.6 Å². The average molecular weight is 291 g/mol. The molecule has 0 spiro atoms. The lowest BCUT2D eigenvalue weighted by molar-refractivity contribution is 0.0270. The van der Waals surface area contributed by atoms with Crippen LogP contribution in [-0.2, 0) is 4.74 Å². The van der Waals surface area contributed by atoms with Gasteiger partial charge in [0.15, 0.2) is 5.82 Å². The third-order valence-corrected chi connectivity index (χ3v) is 3.00. The van der Waals surface area contributed by atoms with Crippen LogP contribution in [0.15, 0.2) is 18.2 Å². The Morgan fingerprint density at radius 3 is 2.62 bits per heavy atom. The number of hydrogen-bond acceptors (Lipinski definition) is 6. The zero-order valence-corrected chi connectivity index (χ0v) is 12.6. The first-order valence-corrected chi connectivity index (χ1v) is 6.87. The first-order valence-electron chi connectivity index (χ1n) is 6.87. The van der Waals surface area contributed by atoms with E-state index in [2.05, 4.69) is 15.6 Å². The number of carbonyl (C=O) groups is 1. The van der Waals surface area contributed by atoms with Crippen molar-refractivity contribution >= 4 is 17.5 Å². The maximum absolute atomic E-state index is 12.0. The van der Waals surface area contributed by atoms with E-state index in [1.165, 1.54) is 0 Å². The first kappa shape index (κ1) is 15.2. The van der Waals surface area contributed by atoms with Gasteiger partial charge in [-0.2, -0.15) is 0 Å². The number of ether oxygens (including phenoxy) is 1. The van der Waals surface area contributed by atoms with Gasteiger partial charge in [-0.15, -0.1) is 10.2 Å². The summed E-state index contributed by atoms with van der Waals surface area (Å²) in [6, 6.07) is 3.63. The molecule has 2 rings (SSSR count). The molecule has 1 aromatic heterocycles. The van der Waals surface area contributed by atoms with Gasteiger partial charge in [-0.3, -0.25) is 0 Å². The van der Waals surface area contributed by atoms with E-state index in [1.807, 2.05) is 32.9 Å². The van der Waals surface area contributed by atoms with E-state index in [9.17, 15) is 4.79 Å². The van der Waals surface area contributed by atoms with Gasteiger partial charge in [0.1, 0.15) is 5.60 Å². The Kier molecular flexibility index (Phi) is 4.42. The number of nitrogen functional groups attached to an aromatic ring is 1. The summed E-state index contributed by atoms with van der Waals surface area (Å²) >= 11 is 0. The number of aromatic nitrogens is 2. The van der Waals surface area contributed by atoms with Crippen LogP contribution >= 0.6 is 0 Å². The van der Waals surface area contributed by atoms with Gasteiger partial charge >= 0.3 is 6.09 Å². The third-order valence-electron chi connectivity index (χ3n) is 3.00. The van der Waals surface area contributed by atoms with Crippen molar-refractivity contribution < 1.29 is 9.53 Å². The molecule has 0 saturated heterocycles. The number of carbonyl (C=O) groups excluding carboxylic acids is 1. The third kappa shape index (κ3) is 4.16. The number of anilines is 1. The minimum atomic E-state index is -0.475. The minimum absolute atomic E-state index is 0.286. The smallest absolute Gasteiger partial charge is 0.410 e. The Hall–Kier alpha value is -2.15. The molecule has 0 aliphatic carbocycles. The molecule has 1 aliphatic rings. The van der Waals surface area contributed by atoms with E-state index in [0.29, 0.717) is 18.9 Å². The zero-order valence-electron chi connectivity index (χ0n) is 12.6. The Balaban J connectivity index is 1.99. The highest BCUT2D eigenvalue weighted by atomic mass is 16.6. The lowest BCUT2D eigenvalue weighted by Crippen LogP contribution is -2.39. The quantitative estimate of drug-likeness (QED) is 0.637. The van der Waals surface area contributed by atoms with Crippen LogP contribution in [0, 0.1) is 0 Å². The Labute approximate surface area is 124 Å². The van der Waals surface area contributed by atoms with Gasteiger partial charge in [0, 0.05) is 13.1 Å². The van der Waals surface area contributed by atoms with Crippen LogP contribution in [0.1, 0.15) is 32.9 Å².